The van der Waals surface area contributed by atoms with E-state index in [4.69, 9.17) is 5.11 Å². The van der Waals surface area contributed by atoms with E-state index >= 15 is 0 Å². The van der Waals surface area contributed by atoms with Crippen molar-refractivity contribution >= 4 is 11.5 Å². The van der Waals surface area contributed by atoms with E-state index in [1.807, 2.05) is 6.20 Å². The fourth-order valence-corrected chi connectivity index (χ4v) is 5.98. The normalized spacial score (nSPS) is 23.0. The van der Waals surface area contributed by atoms with Gasteiger partial charge < -0.3 is 15.3 Å². The number of hydrogen-bond donors (Lipinski definition) is 2. The zero-order chi connectivity index (χ0) is 25.4. The Balaban J connectivity index is 1.33. The zero-order valence-electron chi connectivity index (χ0n) is 21.1. The standard InChI is InChI=1S/C29H40F3N3O/c30-29(31,32)25-11-13-26(14-12-25)35-17-6-8-23(21-35)19-24-9-3-4-10-27(24)34-28-20-22(15-16-33-28)7-2-1-5-18-36/h11-16,20,23-24,27,36H,1-10,17-19,21H2,(H,33,34)/t23-,24+,27-/m1/s1. The Kier molecular flexibility index (Phi) is 9.52. The van der Waals surface area contributed by atoms with Gasteiger partial charge in [0.05, 0.1) is 5.56 Å². The molecule has 1 aromatic carbocycles. The third kappa shape index (κ3) is 7.61. The van der Waals surface area contributed by atoms with Gasteiger partial charge in [0.25, 0.3) is 0 Å². The maximum absolute atomic E-state index is 13.0. The number of unbranched alkanes of at least 4 members (excludes halogenated alkanes) is 2. The number of aryl methyl sites for hydroxylation is 1. The third-order valence-corrected chi connectivity index (χ3v) is 7.91. The summed E-state index contributed by atoms with van der Waals surface area (Å²) in [7, 11) is 0. The Hall–Kier alpha value is -2.28. The van der Waals surface area contributed by atoms with E-state index in [1.165, 1.54) is 43.4 Å². The van der Waals surface area contributed by atoms with E-state index in [-0.39, 0.29) is 6.61 Å². The first-order valence-electron chi connectivity index (χ1n) is 13.7. The molecule has 4 rings (SSSR count). The molecular weight excluding hydrogens is 463 g/mol. The highest BCUT2D eigenvalue weighted by Crippen LogP contribution is 2.36. The van der Waals surface area contributed by atoms with Gasteiger partial charge in [0.2, 0.25) is 0 Å². The summed E-state index contributed by atoms with van der Waals surface area (Å²) in [5.41, 5.74) is 1.60. The van der Waals surface area contributed by atoms with Crippen LogP contribution < -0.4 is 10.2 Å². The number of aromatic nitrogens is 1. The van der Waals surface area contributed by atoms with E-state index < -0.39 is 11.7 Å². The lowest BCUT2D eigenvalue weighted by molar-refractivity contribution is -0.137. The monoisotopic (exact) mass is 503 g/mol. The van der Waals surface area contributed by atoms with Crippen LogP contribution in [0.5, 0.6) is 0 Å². The van der Waals surface area contributed by atoms with Crippen LogP contribution in [0.3, 0.4) is 0 Å². The van der Waals surface area contributed by atoms with Crippen molar-refractivity contribution in [2.24, 2.45) is 11.8 Å². The molecule has 2 fully saturated rings. The lowest BCUT2D eigenvalue weighted by Gasteiger charge is -2.39. The lowest BCUT2D eigenvalue weighted by Crippen LogP contribution is -2.39. The number of rotatable bonds is 10. The summed E-state index contributed by atoms with van der Waals surface area (Å²) in [6, 6.07) is 10.3. The fraction of sp³-hybridized carbons (Fsp3) is 0.621. The molecule has 2 aliphatic rings. The third-order valence-electron chi connectivity index (χ3n) is 7.91. The number of hydrogen-bond acceptors (Lipinski definition) is 4. The van der Waals surface area contributed by atoms with E-state index in [1.54, 1.807) is 12.1 Å². The molecule has 2 aromatic rings. The van der Waals surface area contributed by atoms with Gasteiger partial charge in [-0.3, -0.25) is 0 Å². The van der Waals surface area contributed by atoms with Gasteiger partial charge in [0.15, 0.2) is 0 Å². The number of alkyl halides is 3. The van der Waals surface area contributed by atoms with Crippen LogP contribution in [0.2, 0.25) is 0 Å². The minimum Gasteiger partial charge on any atom is -0.396 e. The Labute approximate surface area is 213 Å². The highest BCUT2D eigenvalue weighted by atomic mass is 19.4. The van der Waals surface area contributed by atoms with Crippen molar-refractivity contribution < 1.29 is 18.3 Å². The number of nitrogens with zero attached hydrogens (tertiary/aromatic N) is 2. The highest BCUT2D eigenvalue weighted by Gasteiger charge is 2.32. The lowest BCUT2D eigenvalue weighted by atomic mass is 9.77. The molecule has 2 N–H and O–H groups in total. The number of aliphatic hydroxyl groups excluding tert-OH is 1. The molecule has 198 valence electrons. The Morgan fingerprint density at radius 3 is 2.56 bits per heavy atom. The van der Waals surface area contributed by atoms with E-state index in [0.717, 1.165) is 69.5 Å². The molecule has 0 amide bonds. The van der Waals surface area contributed by atoms with E-state index in [0.29, 0.717) is 17.9 Å². The first kappa shape index (κ1) is 26.8. The van der Waals surface area contributed by atoms with Crippen molar-refractivity contribution in [1.82, 2.24) is 4.98 Å². The van der Waals surface area contributed by atoms with Crippen molar-refractivity contribution in [1.29, 1.82) is 0 Å². The number of aliphatic hydroxyl groups is 1. The molecule has 1 aliphatic heterocycles. The van der Waals surface area contributed by atoms with Crippen LogP contribution in [-0.4, -0.2) is 35.8 Å². The summed E-state index contributed by atoms with van der Waals surface area (Å²) in [6.07, 6.45) is 9.86. The second kappa shape index (κ2) is 12.8. The van der Waals surface area contributed by atoms with Gasteiger partial charge in [0, 0.05) is 37.6 Å². The summed E-state index contributed by atoms with van der Waals surface area (Å²) in [5.74, 6) is 2.10. The maximum atomic E-state index is 13.0. The second-order valence-electron chi connectivity index (χ2n) is 10.6. The van der Waals surface area contributed by atoms with Crippen LogP contribution in [0.15, 0.2) is 42.6 Å². The van der Waals surface area contributed by atoms with Crippen LogP contribution in [0.4, 0.5) is 24.7 Å². The molecule has 3 atom stereocenters. The molecule has 7 heteroatoms. The van der Waals surface area contributed by atoms with Crippen molar-refractivity contribution in [3.05, 3.63) is 53.7 Å². The first-order valence-corrected chi connectivity index (χ1v) is 13.7. The summed E-state index contributed by atoms with van der Waals surface area (Å²) in [5, 5.41) is 12.7. The Morgan fingerprint density at radius 2 is 1.78 bits per heavy atom. The van der Waals surface area contributed by atoms with Crippen LogP contribution in [0, 0.1) is 11.8 Å². The number of pyridine rings is 1. The van der Waals surface area contributed by atoms with Crippen LogP contribution in [0.25, 0.3) is 0 Å². The molecule has 36 heavy (non-hydrogen) atoms. The largest absolute Gasteiger partial charge is 0.416 e. The highest BCUT2D eigenvalue weighted by molar-refractivity contribution is 5.48. The van der Waals surface area contributed by atoms with Crippen LogP contribution in [-0.2, 0) is 12.6 Å². The molecule has 1 saturated carbocycles. The summed E-state index contributed by atoms with van der Waals surface area (Å²) in [4.78, 5) is 6.86. The van der Waals surface area contributed by atoms with Crippen molar-refractivity contribution in [2.45, 2.75) is 82.8 Å². The van der Waals surface area contributed by atoms with Gasteiger partial charge in [-0.05, 0) is 105 Å². The molecule has 0 radical (unpaired) electrons. The summed E-state index contributed by atoms with van der Waals surface area (Å²) < 4.78 is 38.9. The van der Waals surface area contributed by atoms with Gasteiger partial charge in [0.1, 0.15) is 5.82 Å². The number of nitrogens with one attached hydrogen (secondary N) is 1. The zero-order valence-corrected chi connectivity index (χ0v) is 21.1. The predicted octanol–water partition coefficient (Wildman–Crippen LogP) is 7.08. The molecule has 1 aliphatic carbocycles. The van der Waals surface area contributed by atoms with Crippen LogP contribution in [0.1, 0.15) is 75.3 Å². The molecular formula is C29H40F3N3O. The number of benzene rings is 1. The van der Waals surface area contributed by atoms with E-state index in [9.17, 15) is 13.2 Å². The summed E-state index contributed by atoms with van der Waals surface area (Å²) >= 11 is 0. The van der Waals surface area contributed by atoms with Crippen LogP contribution >= 0.6 is 0 Å². The molecule has 4 nitrogen and oxygen atoms in total. The predicted molar refractivity (Wildman–Crippen MR) is 139 cm³/mol. The van der Waals surface area contributed by atoms with Crippen molar-refractivity contribution in [2.75, 3.05) is 29.9 Å². The number of halogens is 3. The summed E-state index contributed by atoms with van der Waals surface area (Å²) in [6.45, 7) is 2.08. The minimum atomic E-state index is -4.29. The maximum Gasteiger partial charge on any atom is 0.416 e. The van der Waals surface area contributed by atoms with Crippen molar-refractivity contribution in [3.8, 4) is 0 Å². The molecule has 2 heterocycles. The van der Waals surface area contributed by atoms with Gasteiger partial charge in [-0.25, -0.2) is 4.98 Å². The van der Waals surface area contributed by atoms with Gasteiger partial charge in [-0.2, -0.15) is 13.2 Å². The average molecular weight is 504 g/mol. The number of piperidine rings is 1. The average Bonchev–Trinajstić information content (AvgIpc) is 2.88. The molecule has 0 unspecified atom stereocenters. The fourth-order valence-electron chi connectivity index (χ4n) is 5.98. The van der Waals surface area contributed by atoms with Gasteiger partial charge in [-0.1, -0.05) is 19.3 Å². The van der Waals surface area contributed by atoms with Gasteiger partial charge >= 0.3 is 6.18 Å². The number of anilines is 2. The SMILES string of the molecule is OCCCCCc1ccnc(N[C@@H]2CCCC[C@H]2C[C@H]2CCCN(c3ccc(C(F)(F)F)cc3)C2)c1. The minimum absolute atomic E-state index is 0.259. The van der Waals surface area contributed by atoms with Crippen molar-refractivity contribution in [3.63, 3.8) is 0 Å². The topological polar surface area (TPSA) is 48.4 Å². The quantitative estimate of drug-likeness (QED) is 0.340. The molecule has 1 saturated heterocycles. The van der Waals surface area contributed by atoms with E-state index in [2.05, 4.69) is 27.3 Å². The molecule has 1 aromatic heterocycles. The Bertz CT molecular complexity index is 934. The molecule has 0 bridgehead atoms. The Morgan fingerprint density at radius 1 is 0.972 bits per heavy atom. The smallest absolute Gasteiger partial charge is 0.396 e. The molecule has 0 spiro atoms. The van der Waals surface area contributed by atoms with Gasteiger partial charge in [-0.15, -0.1) is 0 Å². The first-order chi connectivity index (χ1) is 17.4. The second-order valence-corrected chi connectivity index (χ2v) is 10.6.